The van der Waals surface area contributed by atoms with Gasteiger partial charge >= 0.3 is 12.0 Å². The molecule has 1 aliphatic rings. The van der Waals surface area contributed by atoms with E-state index in [1.165, 1.54) is 0 Å². The number of hydrogen-bond acceptors (Lipinski definition) is 5. The number of carbonyl (C=O) groups is 3. The van der Waals surface area contributed by atoms with Gasteiger partial charge in [0.15, 0.2) is 0 Å². The summed E-state index contributed by atoms with van der Waals surface area (Å²) in [5.74, 6) is -1.70. The summed E-state index contributed by atoms with van der Waals surface area (Å²) >= 11 is 0. The Bertz CT molecular complexity index is 425. The smallest absolute Gasteiger partial charge is 0.323 e. The van der Waals surface area contributed by atoms with Gasteiger partial charge in [-0.3, -0.25) is 14.5 Å². The van der Waals surface area contributed by atoms with Crippen LogP contribution in [0.15, 0.2) is 0 Å². The van der Waals surface area contributed by atoms with Crippen molar-refractivity contribution < 1.29 is 24.6 Å². The fourth-order valence-electron chi connectivity index (χ4n) is 2.53. The molecule has 2 unspecified atom stereocenters. The number of amides is 3. The lowest BCUT2D eigenvalue weighted by Gasteiger charge is -2.42. The number of carboxylic acid groups (broad SMARTS) is 1. The molecule has 0 aromatic heterocycles. The monoisotopic (exact) mass is 287 g/mol. The van der Waals surface area contributed by atoms with Crippen LogP contribution < -0.4 is 5.73 Å². The average molecular weight is 287 g/mol. The van der Waals surface area contributed by atoms with Crippen LogP contribution in [0.4, 0.5) is 4.79 Å². The molecule has 114 valence electrons. The van der Waals surface area contributed by atoms with E-state index in [9.17, 15) is 19.5 Å². The topological polar surface area (TPSA) is 124 Å². The third kappa shape index (κ3) is 2.91. The number of hydrogen-bond donors (Lipinski definition) is 3. The number of aliphatic hydroxyl groups is 1. The van der Waals surface area contributed by atoms with Gasteiger partial charge in [-0.1, -0.05) is 13.8 Å². The van der Waals surface area contributed by atoms with Gasteiger partial charge < -0.3 is 15.9 Å². The van der Waals surface area contributed by atoms with Crippen molar-refractivity contribution in [1.82, 2.24) is 9.80 Å². The number of aliphatic hydroxyl groups excluding tert-OH is 1. The number of carboxylic acids is 1. The highest BCUT2D eigenvalue weighted by Gasteiger charge is 2.52. The first kappa shape index (κ1) is 16.4. The molecule has 1 rings (SSSR count). The van der Waals surface area contributed by atoms with Crippen LogP contribution in [-0.4, -0.2) is 62.8 Å². The summed E-state index contributed by atoms with van der Waals surface area (Å²) in [7, 11) is 0. The van der Waals surface area contributed by atoms with Crippen LogP contribution in [0.3, 0.4) is 0 Å². The number of rotatable bonds is 5. The molecule has 1 aliphatic heterocycles. The van der Waals surface area contributed by atoms with Gasteiger partial charge in [-0.15, -0.1) is 0 Å². The summed E-state index contributed by atoms with van der Waals surface area (Å²) in [5, 5.41) is 18.4. The number of urea groups is 1. The number of β-amino-alcohol motifs (C(OH)–C–C–N with tert-alkyl or cyclic N) is 1. The maximum atomic E-state index is 11.9. The minimum absolute atomic E-state index is 0.0174. The van der Waals surface area contributed by atoms with Gasteiger partial charge in [-0.2, -0.15) is 0 Å². The molecule has 8 heteroatoms. The maximum absolute atomic E-state index is 11.9. The second kappa shape index (κ2) is 5.76. The van der Waals surface area contributed by atoms with Gasteiger partial charge in [-0.05, 0) is 12.8 Å². The predicted octanol–water partition coefficient (Wildman–Crippen LogP) is -0.583. The van der Waals surface area contributed by atoms with Crippen LogP contribution in [0.1, 0.15) is 27.2 Å². The zero-order chi connectivity index (χ0) is 15.7. The molecule has 1 heterocycles. The van der Waals surface area contributed by atoms with Crippen molar-refractivity contribution in [2.75, 3.05) is 13.1 Å². The molecule has 20 heavy (non-hydrogen) atoms. The van der Waals surface area contributed by atoms with Crippen LogP contribution in [0.5, 0.6) is 0 Å². The predicted molar refractivity (Wildman–Crippen MR) is 69.5 cm³/mol. The Hall–Kier alpha value is -1.67. The van der Waals surface area contributed by atoms with Gasteiger partial charge in [-0.25, -0.2) is 9.69 Å². The molecule has 0 bridgehead atoms. The molecular weight excluding hydrogens is 266 g/mol. The van der Waals surface area contributed by atoms with Crippen molar-refractivity contribution in [2.24, 2.45) is 11.7 Å². The van der Waals surface area contributed by atoms with Gasteiger partial charge in [0.1, 0.15) is 5.66 Å². The van der Waals surface area contributed by atoms with Crippen molar-refractivity contribution in [3.63, 3.8) is 0 Å². The molecule has 0 spiro atoms. The lowest BCUT2D eigenvalue weighted by molar-refractivity contribution is -0.140. The lowest BCUT2D eigenvalue weighted by Crippen LogP contribution is -2.59. The Morgan fingerprint density at radius 1 is 1.45 bits per heavy atom. The standard InChI is InChI=1S/C12H21N3O5/c1-7(2)12(3)14(5-8(16)4-10(18)19)6-9(17)15(12)11(13)20/h7-8,16H,4-6H2,1-3H3,(H2,13,20)(H,18,19). The third-order valence-corrected chi connectivity index (χ3v) is 3.82. The fourth-order valence-corrected chi connectivity index (χ4v) is 2.53. The number of imide groups is 1. The van der Waals surface area contributed by atoms with Crippen molar-refractivity contribution >= 4 is 17.9 Å². The average Bonchev–Trinajstić information content (AvgIpc) is 2.49. The first-order chi connectivity index (χ1) is 9.10. The molecule has 8 nitrogen and oxygen atoms in total. The van der Waals surface area contributed by atoms with E-state index in [1.807, 2.05) is 13.8 Å². The fraction of sp³-hybridized carbons (Fsp3) is 0.750. The summed E-state index contributed by atoms with van der Waals surface area (Å²) in [5.41, 5.74) is 4.29. The number of carbonyl (C=O) groups excluding carboxylic acids is 2. The Morgan fingerprint density at radius 3 is 2.40 bits per heavy atom. The molecule has 2 atom stereocenters. The Kier molecular flexibility index (Phi) is 4.72. The van der Waals surface area contributed by atoms with E-state index in [1.54, 1.807) is 11.8 Å². The molecule has 4 N–H and O–H groups in total. The van der Waals surface area contributed by atoms with Crippen molar-refractivity contribution in [1.29, 1.82) is 0 Å². The summed E-state index contributed by atoms with van der Waals surface area (Å²) in [6, 6.07) is -0.846. The normalized spacial score (nSPS) is 25.2. The maximum Gasteiger partial charge on any atom is 0.323 e. The van der Waals surface area contributed by atoms with E-state index < -0.39 is 36.1 Å². The number of nitrogens with zero attached hydrogens (tertiary/aromatic N) is 2. The Balaban J connectivity index is 2.98. The second-order valence-corrected chi connectivity index (χ2v) is 5.45. The highest BCUT2D eigenvalue weighted by atomic mass is 16.4. The number of primary amides is 1. The summed E-state index contributed by atoms with van der Waals surface area (Å²) in [4.78, 5) is 36.6. The van der Waals surface area contributed by atoms with E-state index in [2.05, 4.69) is 0 Å². The Labute approximate surface area is 117 Å². The molecule has 1 saturated heterocycles. The van der Waals surface area contributed by atoms with Gasteiger partial charge in [0.2, 0.25) is 5.91 Å². The summed E-state index contributed by atoms with van der Waals surface area (Å²) in [6.07, 6.45) is -1.54. The zero-order valence-corrected chi connectivity index (χ0v) is 11.9. The summed E-state index contributed by atoms with van der Waals surface area (Å²) < 4.78 is 0. The van der Waals surface area contributed by atoms with Crippen molar-refractivity contribution in [2.45, 2.75) is 39.0 Å². The molecule has 0 radical (unpaired) electrons. The molecule has 0 aromatic rings. The van der Waals surface area contributed by atoms with Crippen LogP contribution >= 0.6 is 0 Å². The van der Waals surface area contributed by atoms with Gasteiger partial charge in [0, 0.05) is 6.54 Å². The molecule has 0 aliphatic carbocycles. The first-order valence-corrected chi connectivity index (χ1v) is 6.38. The largest absolute Gasteiger partial charge is 0.481 e. The molecule has 0 saturated carbocycles. The van der Waals surface area contributed by atoms with E-state index >= 15 is 0 Å². The summed E-state index contributed by atoms with van der Waals surface area (Å²) in [6.45, 7) is 5.24. The van der Waals surface area contributed by atoms with Gasteiger partial charge in [0.25, 0.3) is 0 Å². The highest BCUT2D eigenvalue weighted by Crippen LogP contribution is 2.34. The van der Waals surface area contributed by atoms with Crippen LogP contribution in [0.25, 0.3) is 0 Å². The lowest BCUT2D eigenvalue weighted by atomic mass is 9.95. The van der Waals surface area contributed by atoms with Crippen LogP contribution in [0.2, 0.25) is 0 Å². The van der Waals surface area contributed by atoms with Crippen molar-refractivity contribution in [3.8, 4) is 0 Å². The molecular formula is C12H21N3O5. The van der Waals surface area contributed by atoms with E-state index in [-0.39, 0.29) is 19.0 Å². The highest BCUT2D eigenvalue weighted by molar-refractivity contribution is 5.97. The first-order valence-electron chi connectivity index (χ1n) is 6.38. The second-order valence-electron chi connectivity index (χ2n) is 5.45. The third-order valence-electron chi connectivity index (χ3n) is 3.82. The minimum Gasteiger partial charge on any atom is -0.481 e. The van der Waals surface area contributed by atoms with Crippen LogP contribution in [0, 0.1) is 5.92 Å². The van der Waals surface area contributed by atoms with Gasteiger partial charge in [0.05, 0.1) is 19.1 Å². The molecule has 3 amide bonds. The van der Waals surface area contributed by atoms with Crippen LogP contribution in [-0.2, 0) is 9.59 Å². The number of aliphatic carboxylic acids is 1. The van der Waals surface area contributed by atoms with E-state index in [4.69, 9.17) is 10.8 Å². The SMILES string of the molecule is CC(C)C1(C)N(CC(O)CC(=O)O)CC(=O)N1C(N)=O. The quantitative estimate of drug-likeness (QED) is 0.621. The van der Waals surface area contributed by atoms with E-state index in [0.29, 0.717) is 0 Å². The zero-order valence-electron chi connectivity index (χ0n) is 11.9. The molecule has 1 fully saturated rings. The number of nitrogens with two attached hydrogens (primary N) is 1. The Morgan fingerprint density at radius 2 is 2.00 bits per heavy atom. The minimum atomic E-state index is -1.12. The molecule has 0 aromatic carbocycles. The van der Waals surface area contributed by atoms with E-state index in [0.717, 1.165) is 4.90 Å². The van der Waals surface area contributed by atoms with Crippen molar-refractivity contribution in [3.05, 3.63) is 0 Å².